The maximum absolute atomic E-state index is 9.09. The van der Waals surface area contributed by atoms with Gasteiger partial charge in [0.2, 0.25) is 0 Å². The van der Waals surface area contributed by atoms with Gasteiger partial charge < -0.3 is 5.11 Å². The van der Waals surface area contributed by atoms with Crippen LogP contribution in [0.3, 0.4) is 0 Å². The van der Waals surface area contributed by atoms with E-state index in [1.54, 1.807) is 0 Å². The van der Waals surface area contributed by atoms with Crippen LogP contribution in [0, 0.1) is 0 Å². The Balaban J connectivity index is 5.86. The third kappa shape index (κ3) is 3.80. The molecule has 0 aromatic heterocycles. The number of hydrogen-bond acceptors (Lipinski definition) is 1. The van der Waals surface area contributed by atoms with Crippen molar-refractivity contribution in [2.24, 2.45) is 0 Å². The van der Waals surface area contributed by atoms with Crippen molar-refractivity contribution in [1.29, 1.82) is 0 Å². The molecule has 0 saturated heterocycles. The van der Waals surface area contributed by atoms with Crippen molar-refractivity contribution in [2.75, 3.05) is 12.5 Å². The Morgan fingerprint density at radius 3 is 1.16 bits per heavy atom. The minimum absolute atomic E-state index is 0.467. The van der Waals surface area contributed by atoms with Crippen molar-refractivity contribution >= 4 is 128 Å². The number of aliphatic hydroxyl groups excluding tert-OH is 1. The van der Waals surface area contributed by atoms with Gasteiger partial charge in [0.15, 0.2) is 21.7 Å². The Labute approximate surface area is 165 Å². The SMILES string of the molecule is OCC(Cl)(Cl)C(Cl)(Cl)C(Cl)(Cl)C(Cl)(Cl)C(Cl)(Cl)CCl. The van der Waals surface area contributed by atoms with E-state index >= 15 is 0 Å². The van der Waals surface area contributed by atoms with E-state index in [1.165, 1.54) is 0 Å². The van der Waals surface area contributed by atoms with Crippen LogP contribution >= 0.6 is 128 Å². The fraction of sp³-hybridized carbons (Fsp3) is 1.00. The van der Waals surface area contributed by atoms with Crippen LogP contribution in [-0.2, 0) is 0 Å². The Kier molecular flexibility index (Phi) is 8.10. The molecule has 0 heterocycles. The summed E-state index contributed by atoms with van der Waals surface area (Å²) in [6.45, 7) is -0.910. The third-order valence-corrected chi connectivity index (χ3v) is 9.49. The predicted molar refractivity (Wildman–Crippen MR) is 90.0 cm³/mol. The molecule has 0 fully saturated rings. The first-order chi connectivity index (χ1) is 8.12. The molecule has 0 radical (unpaired) electrons. The molecule has 0 atom stereocenters. The van der Waals surface area contributed by atoms with Crippen molar-refractivity contribution in [3.8, 4) is 0 Å². The largest absolute Gasteiger partial charge is 0.393 e. The summed E-state index contributed by atoms with van der Waals surface area (Å²) in [7, 11) is 0. The topological polar surface area (TPSA) is 20.2 Å². The lowest BCUT2D eigenvalue weighted by Gasteiger charge is -2.48. The molecule has 1 nitrogen and oxygen atoms in total. The van der Waals surface area contributed by atoms with Gasteiger partial charge in [0.25, 0.3) is 0 Å². The molecule has 0 amide bonds. The molecule has 1 N–H and O–H groups in total. The summed E-state index contributed by atoms with van der Waals surface area (Å²) >= 11 is 64.4. The van der Waals surface area contributed by atoms with E-state index in [9.17, 15) is 0 Å². The average molecular weight is 495 g/mol. The highest BCUT2D eigenvalue weighted by atomic mass is 35.6. The molecule has 0 aromatic carbocycles. The van der Waals surface area contributed by atoms with Crippen LogP contribution in [-0.4, -0.2) is 39.3 Å². The van der Waals surface area contributed by atoms with Gasteiger partial charge in [-0.1, -0.05) is 116 Å². The van der Waals surface area contributed by atoms with E-state index in [2.05, 4.69) is 0 Å². The lowest BCUT2D eigenvalue weighted by Crippen LogP contribution is -2.64. The molecule has 0 aromatic rings. The lowest BCUT2D eigenvalue weighted by molar-refractivity contribution is 0.263. The van der Waals surface area contributed by atoms with Crippen molar-refractivity contribution in [3.63, 3.8) is 0 Å². The Morgan fingerprint density at radius 1 is 0.579 bits per heavy atom. The molecule has 0 saturated carbocycles. The zero-order valence-corrected chi connectivity index (χ0v) is 16.8. The zero-order valence-electron chi connectivity index (χ0n) is 8.52. The Bertz CT molecular complexity index is 293. The van der Waals surface area contributed by atoms with E-state index in [1.807, 2.05) is 0 Å². The number of rotatable bonds is 6. The fourth-order valence-corrected chi connectivity index (χ4v) is 3.79. The predicted octanol–water partition coefficient (Wildman–Crippen LogP) is 6.09. The van der Waals surface area contributed by atoms with Crippen molar-refractivity contribution in [2.45, 2.75) is 21.7 Å². The van der Waals surface area contributed by atoms with Gasteiger partial charge in [-0.05, 0) is 0 Å². The Hall–Kier alpha value is 3.15. The molecule has 0 rings (SSSR count). The van der Waals surface area contributed by atoms with Gasteiger partial charge in [-0.15, -0.1) is 11.6 Å². The van der Waals surface area contributed by atoms with E-state index in [-0.39, 0.29) is 0 Å². The van der Waals surface area contributed by atoms with Crippen LogP contribution in [0.4, 0.5) is 0 Å². The highest BCUT2D eigenvalue weighted by molar-refractivity contribution is 6.76. The molecule has 0 aliphatic heterocycles. The van der Waals surface area contributed by atoms with Crippen molar-refractivity contribution in [1.82, 2.24) is 0 Å². The van der Waals surface area contributed by atoms with Crippen LogP contribution in [0.15, 0.2) is 0 Å². The van der Waals surface area contributed by atoms with E-state index in [0.717, 1.165) is 0 Å². The second-order valence-electron chi connectivity index (χ2n) is 3.42. The monoisotopic (exact) mass is 490 g/mol. The number of aliphatic hydroxyl groups is 1. The van der Waals surface area contributed by atoms with Gasteiger partial charge in [-0.3, -0.25) is 0 Å². The molecule has 0 bridgehead atoms. The van der Waals surface area contributed by atoms with Crippen LogP contribution < -0.4 is 0 Å². The van der Waals surface area contributed by atoms with Crippen LogP contribution in [0.1, 0.15) is 0 Å². The highest BCUT2D eigenvalue weighted by Crippen LogP contribution is 2.65. The van der Waals surface area contributed by atoms with Gasteiger partial charge in [-0.25, -0.2) is 0 Å². The normalized spacial score (nSPS) is 15.8. The van der Waals surface area contributed by atoms with Gasteiger partial charge in [0, 0.05) is 0 Å². The minimum atomic E-state index is -2.50. The van der Waals surface area contributed by atoms with E-state index in [0.29, 0.717) is 0 Å². The third-order valence-electron chi connectivity index (χ3n) is 2.07. The summed E-state index contributed by atoms with van der Waals surface area (Å²) < 4.78 is -11.6. The Morgan fingerprint density at radius 2 is 0.895 bits per heavy atom. The van der Waals surface area contributed by atoms with Crippen molar-refractivity contribution in [3.05, 3.63) is 0 Å². The second-order valence-corrected chi connectivity index (χ2v) is 10.6. The van der Waals surface area contributed by atoms with Crippen LogP contribution in [0.5, 0.6) is 0 Å². The van der Waals surface area contributed by atoms with E-state index < -0.39 is 34.2 Å². The maximum atomic E-state index is 9.09. The molecule has 0 unspecified atom stereocenters. The van der Waals surface area contributed by atoms with Gasteiger partial charge in [0.1, 0.15) is 0 Å². The highest BCUT2D eigenvalue weighted by Gasteiger charge is 2.73. The molecular weight excluding hydrogens is 490 g/mol. The summed E-state index contributed by atoms with van der Waals surface area (Å²) in [4.78, 5) is 0. The minimum Gasteiger partial charge on any atom is -0.393 e. The molecule has 12 heteroatoms. The second kappa shape index (κ2) is 6.95. The first kappa shape index (κ1) is 22.1. The summed E-state index contributed by atoms with van der Waals surface area (Å²) in [5.74, 6) is -0.467. The molecule has 116 valence electrons. The summed E-state index contributed by atoms with van der Waals surface area (Å²) in [5.41, 5.74) is 0. The van der Waals surface area contributed by atoms with Crippen molar-refractivity contribution < 1.29 is 5.11 Å². The number of alkyl halides is 11. The number of hydrogen-bond donors (Lipinski definition) is 1. The first-order valence-electron chi connectivity index (χ1n) is 4.18. The van der Waals surface area contributed by atoms with Gasteiger partial charge >= 0.3 is 0 Å². The lowest BCUT2D eigenvalue weighted by atomic mass is 10.1. The first-order valence-corrected chi connectivity index (χ1v) is 8.49. The quantitative estimate of drug-likeness (QED) is 0.443. The van der Waals surface area contributed by atoms with Gasteiger partial charge in [-0.2, -0.15) is 0 Å². The standard InChI is InChI=1S/C7H5Cl11O/c8-1-3(9,10)5(13,14)7(17,18)6(15,16)4(11,12)2-19/h19H,1-2H2. The fourth-order valence-electron chi connectivity index (χ4n) is 0.840. The summed E-state index contributed by atoms with van der Waals surface area (Å²) in [6.07, 6.45) is 0. The zero-order chi connectivity index (χ0) is 15.9. The average Bonchev–Trinajstić information content (AvgIpc) is 2.27. The molecule has 0 aliphatic rings. The molecule has 0 spiro atoms. The van der Waals surface area contributed by atoms with Gasteiger partial charge in [0.05, 0.1) is 12.5 Å². The molecule has 0 aliphatic carbocycles. The number of halogens is 11. The molecular formula is C7H5Cl11O. The summed E-state index contributed by atoms with van der Waals surface area (Å²) in [6, 6.07) is 0. The van der Waals surface area contributed by atoms with Crippen LogP contribution in [0.25, 0.3) is 0 Å². The smallest absolute Gasteiger partial charge is 0.189 e. The summed E-state index contributed by atoms with van der Waals surface area (Å²) in [5, 5.41) is 9.09. The maximum Gasteiger partial charge on any atom is 0.189 e. The van der Waals surface area contributed by atoms with E-state index in [4.69, 9.17) is 133 Å². The molecule has 19 heavy (non-hydrogen) atoms. The van der Waals surface area contributed by atoms with Crippen LogP contribution in [0.2, 0.25) is 0 Å².